The van der Waals surface area contributed by atoms with Gasteiger partial charge in [0.15, 0.2) is 0 Å². The summed E-state index contributed by atoms with van der Waals surface area (Å²) in [5, 5.41) is 10.1. The first-order valence-corrected chi connectivity index (χ1v) is 6.35. The Hall–Kier alpha value is -0.450. The molecule has 4 heteroatoms. The molecular formula is C11H18N2OS. The molecule has 2 rings (SSSR count). The van der Waals surface area contributed by atoms with Crippen LogP contribution in [0, 0.1) is 0 Å². The van der Waals surface area contributed by atoms with Crippen molar-refractivity contribution >= 4 is 11.3 Å². The highest BCUT2D eigenvalue weighted by Gasteiger charge is 2.21. The van der Waals surface area contributed by atoms with E-state index in [1.165, 1.54) is 29.3 Å². The van der Waals surface area contributed by atoms with Gasteiger partial charge >= 0.3 is 0 Å². The SMILES string of the molecule is CN1CCCC(c2ncc(CCO)s2)C1. The van der Waals surface area contributed by atoms with Crippen molar-refractivity contribution in [1.82, 2.24) is 9.88 Å². The third-order valence-electron chi connectivity index (χ3n) is 2.90. The van der Waals surface area contributed by atoms with E-state index in [1.807, 2.05) is 6.20 Å². The Labute approximate surface area is 94.8 Å². The Balaban J connectivity index is 2.01. The largest absolute Gasteiger partial charge is 0.396 e. The highest BCUT2D eigenvalue weighted by atomic mass is 32.1. The van der Waals surface area contributed by atoms with Gasteiger partial charge in [0.1, 0.15) is 0 Å². The first-order chi connectivity index (χ1) is 7.29. The van der Waals surface area contributed by atoms with E-state index in [9.17, 15) is 0 Å². The zero-order chi connectivity index (χ0) is 10.7. The molecule has 15 heavy (non-hydrogen) atoms. The second-order valence-electron chi connectivity index (χ2n) is 4.24. The average Bonchev–Trinajstić information content (AvgIpc) is 2.67. The Morgan fingerprint density at radius 1 is 1.67 bits per heavy atom. The van der Waals surface area contributed by atoms with Crippen LogP contribution in [0.5, 0.6) is 0 Å². The van der Waals surface area contributed by atoms with E-state index >= 15 is 0 Å². The molecule has 1 unspecified atom stereocenters. The maximum atomic E-state index is 8.85. The van der Waals surface area contributed by atoms with Gasteiger partial charge in [-0.3, -0.25) is 0 Å². The number of likely N-dealkylation sites (tertiary alicyclic amines) is 1. The standard InChI is InChI=1S/C11H18N2OS/c1-13-5-2-3-9(8-13)11-12-7-10(15-11)4-6-14/h7,9,14H,2-6,8H2,1H3. The van der Waals surface area contributed by atoms with Crippen molar-refractivity contribution in [1.29, 1.82) is 0 Å². The van der Waals surface area contributed by atoms with Crippen LogP contribution in [-0.2, 0) is 6.42 Å². The van der Waals surface area contributed by atoms with Gasteiger partial charge < -0.3 is 10.0 Å². The molecule has 0 aliphatic carbocycles. The number of aliphatic hydroxyl groups is 1. The van der Waals surface area contributed by atoms with Gasteiger partial charge in [-0.15, -0.1) is 11.3 Å². The van der Waals surface area contributed by atoms with Crippen molar-refractivity contribution in [3.63, 3.8) is 0 Å². The lowest BCUT2D eigenvalue weighted by Crippen LogP contribution is -2.30. The van der Waals surface area contributed by atoms with E-state index in [0.717, 1.165) is 13.0 Å². The van der Waals surface area contributed by atoms with E-state index < -0.39 is 0 Å². The molecule has 1 atom stereocenters. The number of aliphatic hydroxyl groups excluding tert-OH is 1. The molecule has 1 aromatic heterocycles. The van der Waals surface area contributed by atoms with E-state index in [0.29, 0.717) is 5.92 Å². The minimum atomic E-state index is 0.228. The number of aromatic nitrogens is 1. The van der Waals surface area contributed by atoms with Gasteiger partial charge in [0, 0.05) is 36.6 Å². The summed E-state index contributed by atoms with van der Waals surface area (Å²) in [6, 6.07) is 0. The minimum absolute atomic E-state index is 0.228. The summed E-state index contributed by atoms with van der Waals surface area (Å²) in [4.78, 5) is 8.06. The zero-order valence-electron chi connectivity index (χ0n) is 9.15. The molecule has 1 N–H and O–H groups in total. The molecule has 3 nitrogen and oxygen atoms in total. The van der Waals surface area contributed by atoms with Crippen molar-refractivity contribution in [2.75, 3.05) is 26.7 Å². The van der Waals surface area contributed by atoms with Crippen LogP contribution in [0.3, 0.4) is 0 Å². The molecule has 2 heterocycles. The van der Waals surface area contributed by atoms with E-state index in [-0.39, 0.29) is 6.61 Å². The van der Waals surface area contributed by atoms with Gasteiger partial charge in [-0.1, -0.05) is 0 Å². The van der Waals surface area contributed by atoms with Gasteiger partial charge in [0.05, 0.1) is 5.01 Å². The predicted octanol–water partition coefficient (Wildman–Crippen LogP) is 1.49. The molecule has 0 bridgehead atoms. The van der Waals surface area contributed by atoms with Gasteiger partial charge in [-0.25, -0.2) is 4.98 Å². The average molecular weight is 226 g/mol. The van der Waals surface area contributed by atoms with Crippen molar-refractivity contribution in [2.45, 2.75) is 25.2 Å². The van der Waals surface area contributed by atoms with Gasteiger partial charge in [-0.05, 0) is 26.4 Å². The maximum Gasteiger partial charge on any atom is 0.0971 e. The topological polar surface area (TPSA) is 36.4 Å². The van der Waals surface area contributed by atoms with Gasteiger partial charge in [-0.2, -0.15) is 0 Å². The molecule has 1 saturated heterocycles. The molecular weight excluding hydrogens is 208 g/mol. The summed E-state index contributed by atoms with van der Waals surface area (Å²) in [6.45, 7) is 2.57. The second kappa shape index (κ2) is 5.05. The number of thiazole rings is 1. The summed E-state index contributed by atoms with van der Waals surface area (Å²) in [7, 11) is 2.18. The van der Waals surface area contributed by atoms with Crippen molar-refractivity contribution in [2.24, 2.45) is 0 Å². The third kappa shape index (κ3) is 2.77. The molecule has 0 radical (unpaired) electrons. The smallest absolute Gasteiger partial charge is 0.0971 e. The number of rotatable bonds is 3. The monoisotopic (exact) mass is 226 g/mol. The van der Waals surface area contributed by atoms with Gasteiger partial charge in [0.25, 0.3) is 0 Å². The summed E-state index contributed by atoms with van der Waals surface area (Å²) < 4.78 is 0. The maximum absolute atomic E-state index is 8.85. The molecule has 1 aliphatic heterocycles. The molecule has 0 spiro atoms. The molecule has 0 aromatic carbocycles. The van der Waals surface area contributed by atoms with Crippen LogP contribution in [0.1, 0.15) is 28.6 Å². The van der Waals surface area contributed by atoms with Crippen molar-refractivity contribution < 1.29 is 5.11 Å². The molecule has 1 aliphatic rings. The third-order valence-corrected chi connectivity index (χ3v) is 4.12. The fraction of sp³-hybridized carbons (Fsp3) is 0.727. The van der Waals surface area contributed by atoms with Crippen LogP contribution in [-0.4, -0.2) is 41.7 Å². The van der Waals surface area contributed by atoms with Crippen molar-refractivity contribution in [3.05, 3.63) is 16.1 Å². The fourth-order valence-corrected chi connectivity index (χ4v) is 3.14. The number of nitrogens with zero attached hydrogens (tertiary/aromatic N) is 2. The molecule has 0 saturated carbocycles. The lowest BCUT2D eigenvalue weighted by molar-refractivity contribution is 0.250. The number of hydrogen-bond acceptors (Lipinski definition) is 4. The molecule has 1 aromatic rings. The lowest BCUT2D eigenvalue weighted by Gasteiger charge is -2.28. The summed E-state index contributed by atoms with van der Waals surface area (Å²) in [5.74, 6) is 0.612. The summed E-state index contributed by atoms with van der Waals surface area (Å²) in [5.41, 5.74) is 0. The molecule has 0 amide bonds. The van der Waals surface area contributed by atoms with Crippen LogP contribution in [0.4, 0.5) is 0 Å². The van der Waals surface area contributed by atoms with Gasteiger partial charge in [0.2, 0.25) is 0 Å². The number of piperidine rings is 1. The first-order valence-electron chi connectivity index (χ1n) is 5.53. The Bertz CT molecular complexity index is 313. The van der Waals surface area contributed by atoms with E-state index in [4.69, 9.17) is 5.11 Å². The Morgan fingerprint density at radius 2 is 2.53 bits per heavy atom. The minimum Gasteiger partial charge on any atom is -0.396 e. The van der Waals surface area contributed by atoms with Crippen LogP contribution < -0.4 is 0 Å². The highest BCUT2D eigenvalue weighted by molar-refractivity contribution is 7.11. The van der Waals surface area contributed by atoms with Crippen LogP contribution in [0.25, 0.3) is 0 Å². The number of likely N-dealkylation sites (N-methyl/N-ethyl adjacent to an activating group) is 1. The lowest BCUT2D eigenvalue weighted by atomic mass is 9.99. The quantitative estimate of drug-likeness (QED) is 0.848. The van der Waals surface area contributed by atoms with E-state index in [2.05, 4.69) is 16.9 Å². The normalized spacial score (nSPS) is 23.2. The van der Waals surface area contributed by atoms with Crippen LogP contribution >= 0.6 is 11.3 Å². The Kier molecular flexibility index (Phi) is 3.72. The molecule has 1 fully saturated rings. The van der Waals surface area contributed by atoms with Crippen LogP contribution in [0.15, 0.2) is 6.20 Å². The molecule has 84 valence electrons. The zero-order valence-corrected chi connectivity index (χ0v) is 9.96. The summed E-state index contributed by atoms with van der Waals surface area (Å²) in [6.07, 6.45) is 5.21. The summed E-state index contributed by atoms with van der Waals surface area (Å²) >= 11 is 1.77. The van der Waals surface area contributed by atoms with E-state index in [1.54, 1.807) is 11.3 Å². The highest BCUT2D eigenvalue weighted by Crippen LogP contribution is 2.29. The number of hydrogen-bond donors (Lipinski definition) is 1. The second-order valence-corrected chi connectivity index (χ2v) is 5.39. The Morgan fingerprint density at radius 3 is 3.27 bits per heavy atom. The predicted molar refractivity (Wildman–Crippen MR) is 62.4 cm³/mol. The van der Waals surface area contributed by atoms with Crippen molar-refractivity contribution in [3.8, 4) is 0 Å². The fourth-order valence-electron chi connectivity index (χ4n) is 2.11. The van der Waals surface area contributed by atoms with Crippen LogP contribution in [0.2, 0.25) is 0 Å². The first kappa shape index (κ1) is 11.0.